The third kappa shape index (κ3) is 5.16. The van der Waals surface area contributed by atoms with Crippen molar-refractivity contribution in [2.24, 2.45) is 0 Å². The number of carbonyl (C=O) groups excluding carboxylic acids is 4. The molecule has 170 valence electrons. The largest absolute Gasteiger partial charge is 0.467 e. The second kappa shape index (κ2) is 9.25. The number of hydrogen-bond acceptors (Lipinski definition) is 6. The van der Waals surface area contributed by atoms with Crippen molar-refractivity contribution in [3.8, 4) is 0 Å². The van der Waals surface area contributed by atoms with Gasteiger partial charge in [-0.2, -0.15) is 0 Å². The summed E-state index contributed by atoms with van der Waals surface area (Å²) in [6, 6.07) is 7.75. The highest BCUT2D eigenvalue weighted by molar-refractivity contribution is 6.22. The first-order valence-corrected chi connectivity index (χ1v) is 10.4. The molecule has 0 radical (unpaired) electrons. The van der Waals surface area contributed by atoms with Crippen LogP contribution in [0.5, 0.6) is 0 Å². The van der Waals surface area contributed by atoms with Gasteiger partial charge in [0.05, 0.1) is 23.9 Å². The lowest BCUT2D eigenvalue weighted by molar-refractivity contribution is 0.0260. The summed E-state index contributed by atoms with van der Waals surface area (Å²) < 4.78 is 10.6. The second-order valence-electron chi connectivity index (χ2n) is 8.35. The van der Waals surface area contributed by atoms with Gasteiger partial charge in [0.1, 0.15) is 11.4 Å². The van der Waals surface area contributed by atoms with E-state index in [1.54, 1.807) is 32.9 Å². The third-order valence-electron chi connectivity index (χ3n) is 4.83. The first-order chi connectivity index (χ1) is 15.1. The lowest BCUT2D eigenvalue weighted by Gasteiger charge is -2.26. The van der Waals surface area contributed by atoms with Gasteiger partial charge in [0.25, 0.3) is 17.7 Å². The van der Waals surface area contributed by atoms with Crippen LogP contribution in [0.2, 0.25) is 0 Å². The summed E-state index contributed by atoms with van der Waals surface area (Å²) in [5.41, 5.74) is 0.0795. The maximum absolute atomic E-state index is 12.7. The number of likely N-dealkylation sites (N-methyl/N-ethyl adjacent to an activating group) is 1. The number of imide groups is 1. The highest BCUT2D eigenvalue weighted by Crippen LogP contribution is 2.25. The topological polar surface area (TPSA) is 109 Å². The Hall–Kier alpha value is -3.62. The molecule has 0 unspecified atom stereocenters. The van der Waals surface area contributed by atoms with Gasteiger partial charge in [-0.1, -0.05) is 0 Å². The van der Waals surface area contributed by atoms with Crippen LogP contribution >= 0.6 is 0 Å². The van der Waals surface area contributed by atoms with Crippen molar-refractivity contribution >= 4 is 23.8 Å². The van der Waals surface area contributed by atoms with Crippen molar-refractivity contribution in [3.05, 3.63) is 59.0 Å². The fourth-order valence-corrected chi connectivity index (χ4v) is 3.25. The van der Waals surface area contributed by atoms with E-state index >= 15 is 0 Å². The highest BCUT2D eigenvalue weighted by atomic mass is 16.6. The quantitative estimate of drug-likeness (QED) is 0.662. The summed E-state index contributed by atoms with van der Waals surface area (Å²) in [6.45, 7) is 8.13. The number of furan rings is 1. The monoisotopic (exact) mass is 441 g/mol. The molecule has 2 aromatic rings. The van der Waals surface area contributed by atoms with E-state index in [4.69, 9.17) is 9.15 Å². The molecule has 3 rings (SSSR count). The van der Waals surface area contributed by atoms with E-state index in [0.717, 1.165) is 4.90 Å². The number of benzene rings is 1. The summed E-state index contributed by atoms with van der Waals surface area (Å²) in [5.74, 6) is -0.817. The molecule has 1 aromatic carbocycles. The Balaban J connectivity index is 1.61. The fraction of sp³-hybridized carbons (Fsp3) is 0.391. The summed E-state index contributed by atoms with van der Waals surface area (Å²) in [5, 5.41) is 2.73. The zero-order chi connectivity index (χ0) is 23.5. The summed E-state index contributed by atoms with van der Waals surface area (Å²) >= 11 is 0. The van der Waals surface area contributed by atoms with Gasteiger partial charge in [-0.3, -0.25) is 19.3 Å². The van der Waals surface area contributed by atoms with Crippen molar-refractivity contribution in [1.29, 1.82) is 0 Å². The molecule has 0 fully saturated rings. The highest BCUT2D eigenvalue weighted by Gasteiger charge is 2.36. The van der Waals surface area contributed by atoms with Crippen LogP contribution in [0, 0.1) is 0 Å². The van der Waals surface area contributed by atoms with E-state index in [0.29, 0.717) is 12.3 Å². The van der Waals surface area contributed by atoms with Gasteiger partial charge in [-0.25, -0.2) is 4.79 Å². The van der Waals surface area contributed by atoms with Gasteiger partial charge in [0, 0.05) is 25.2 Å². The molecule has 9 heteroatoms. The minimum atomic E-state index is -0.604. The maximum atomic E-state index is 12.7. The molecular formula is C23H27N3O6. The number of ether oxygens (including phenoxy) is 1. The molecule has 1 N–H and O–H groups in total. The van der Waals surface area contributed by atoms with E-state index in [2.05, 4.69) is 5.32 Å². The lowest BCUT2D eigenvalue weighted by atomic mass is 10.1. The van der Waals surface area contributed by atoms with Crippen LogP contribution in [0.25, 0.3) is 0 Å². The van der Waals surface area contributed by atoms with E-state index in [1.165, 1.54) is 29.4 Å². The van der Waals surface area contributed by atoms with Crippen molar-refractivity contribution in [1.82, 2.24) is 15.1 Å². The second-order valence-corrected chi connectivity index (χ2v) is 8.35. The Bertz CT molecular complexity index is 1020. The summed E-state index contributed by atoms with van der Waals surface area (Å²) in [6.07, 6.45) is 1.02. The third-order valence-corrected chi connectivity index (χ3v) is 4.83. The molecule has 1 aliphatic rings. The van der Waals surface area contributed by atoms with Crippen molar-refractivity contribution in [2.45, 2.75) is 39.8 Å². The van der Waals surface area contributed by atoms with Gasteiger partial charge in [0.2, 0.25) is 0 Å². The zero-order valence-electron chi connectivity index (χ0n) is 18.6. The number of hydrogen-bond donors (Lipinski definition) is 1. The number of nitrogens with zero attached hydrogens (tertiary/aromatic N) is 2. The van der Waals surface area contributed by atoms with E-state index in [9.17, 15) is 19.2 Å². The van der Waals surface area contributed by atoms with Gasteiger partial charge < -0.3 is 19.4 Å². The van der Waals surface area contributed by atoms with E-state index < -0.39 is 29.4 Å². The molecule has 0 bridgehead atoms. The average molecular weight is 441 g/mol. The molecule has 0 saturated heterocycles. The number of fused-ring (bicyclic) bond motifs is 1. The summed E-state index contributed by atoms with van der Waals surface area (Å²) in [7, 11) is 0. The van der Waals surface area contributed by atoms with E-state index in [1.807, 2.05) is 6.92 Å². The summed E-state index contributed by atoms with van der Waals surface area (Å²) in [4.78, 5) is 52.6. The van der Waals surface area contributed by atoms with Gasteiger partial charge in [0.15, 0.2) is 0 Å². The SMILES string of the molecule is CCN(CCNC(=O)c1ccc2c(c1)C(=O)N(Cc1ccco1)C2=O)C(=O)OC(C)(C)C. The van der Waals surface area contributed by atoms with Crippen LogP contribution in [0.1, 0.15) is 64.5 Å². The molecular weight excluding hydrogens is 414 g/mol. The minimum Gasteiger partial charge on any atom is -0.467 e. The first kappa shape index (κ1) is 23.1. The standard InChI is InChI=1S/C23H27N3O6/c1-5-25(22(30)32-23(2,3)4)11-10-24-19(27)15-8-9-17-18(13-15)21(29)26(20(17)28)14-16-7-6-12-31-16/h6-9,12-13H,5,10-11,14H2,1-4H3,(H,24,27). The van der Waals surface area contributed by atoms with Crippen LogP contribution in [0.15, 0.2) is 41.0 Å². The number of nitrogens with one attached hydrogen (secondary N) is 1. The predicted octanol–water partition coefficient (Wildman–Crippen LogP) is 3.06. The van der Waals surface area contributed by atoms with E-state index in [-0.39, 0.29) is 36.3 Å². The van der Waals surface area contributed by atoms with Crippen molar-refractivity contribution < 1.29 is 28.3 Å². The first-order valence-electron chi connectivity index (χ1n) is 10.4. The van der Waals surface area contributed by atoms with Crippen LogP contribution < -0.4 is 5.32 Å². The normalized spacial score (nSPS) is 13.2. The van der Waals surface area contributed by atoms with Gasteiger partial charge >= 0.3 is 6.09 Å². The Kier molecular flexibility index (Phi) is 6.67. The molecule has 2 heterocycles. The molecule has 0 saturated carbocycles. The van der Waals surface area contributed by atoms with Crippen LogP contribution in [0.3, 0.4) is 0 Å². The van der Waals surface area contributed by atoms with Gasteiger partial charge in [-0.15, -0.1) is 0 Å². The smallest absolute Gasteiger partial charge is 0.410 e. The Morgan fingerprint density at radius 1 is 1.12 bits per heavy atom. The minimum absolute atomic E-state index is 0.0262. The number of carbonyl (C=O) groups is 4. The molecule has 1 aromatic heterocycles. The number of rotatable bonds is 7. The Morgan fingerprint density at radius 3 is 2.47 bits per heavy atom. The Labute approximate surface area is 186 Å². The van der Waals surface area contributed by atoms with Gasteiger partial charge in [-0.05, 0) is 58.0 Å². The number of amides is 4. The fourth-order valence-electron chi connectivity index (χ4n) is 3.25. The predicted molar refractivity (Wildman–Crippen MR) is 115 cm³/mol. The van der Waals surface area contributed by atoms with Crippen LogP contribution in [-0.2, 0) is 11.3 Å². The molecule has 0 aliphatic carbocycles. The lowest BCUT2D eigenvalue weighted by Crippen LogP contribution is -2.41. The zero-order valence-corrected chi connectivity index (χ0v) is 18.6. The molecule has 4 amide bonds. The molecule has 9 nitrogen and oxygen atoms in total. The van der Waals surface area contributed by atoms with Crippen LogP contribution in [0.4, 0.5) is 4.79 Å². The maximum Gasteiger partial charge on any atom is 0.410 e. The van der Waals surface area contributed by atoms with Crippen LogP contribution in [-0.4, -0.2) is 58.8 Å². The molecule has 0 atom stereocenters. The molecule has 32 heavy (non-hydrogen) atoms. The van der Waals surface area contributed by atoms with Crippen molar-refractivity contribution in [3.63, 3.8) is 0 Å². The molecule has 1 aliphatic heterocycles. The Morgan fingerprint density at radius 2 is 1.84 bits per heavy atom. The molecule has 0 spiro atoms. The van der Waals surface area contributed by atoms with Crippen molar-refractivity contribution in [2.75, 3.05) is 19.6 Å². The average Bonchev–Trinajstić information content (AvgIpc) is 3.32.